The molecule has 1 aliphatic heterocycles. The summed E-state index contributed by atoms with van der Waals surface area (Å²) >= 11 is 1.32. The number of hydrogen-bond acceptors (Lipinski definition) is 4. The van der Waals surface area contributed by atoms with Crippen LogP contribution in [0.3, 0.4) is 0 Å². The molecule has 0 aromatic carbocycles. The molecule has 1 aromatic rings. The third-order valence-electron chi connectivity index (χ3n) is 3.41. The fourth-order valence-electron chi connectivity index (χ4n) is 2.32. The molecule has 0 radical (unpaired) electrons. The number of likely N-dealkylation sites (tertiary alicyclic amines) is 1. The summed E-state index contributed by atoms with van der Waals surface area (Å²) in [6.07, 6.45) is 4.70. The van der Waals surface area contributed by atoms with Gasteiger partial charge in [0.25, 0.3) is 0 Å². The van der Waals surface area contributed by atoms with Crippen LogP contribution >= 0.6 is 11.3 Å². The van der Waals surface area contributed by atoms with Crippen LogP contribution in [0.5, 0.6) is 5.75 Å². The predicted octanol–water partition coefficient (Wildman–Crippen LogP) is 2.87. The number of carbonyl (C=O) groups is 1. The molecule has 5 heteroatoms. The van der Waals surface area contributed by atoms with Crippen LogP contribution in [0, 0.1) is 0 Å². The van der Waals surface area contributed by atoms with Crippen LogP contribution in [0.2, 0.25) is 0 Å². The van der Waals surface area contributed by atoms with E-state index in [4.69, 9.17) is 9.84 Å². The lowest BCUT2D eigenvalue weighted by Gasteiger charge is -2.26. The van der Waals surface area contributed by atoms with Crippen LogP contribution in [0.25, 0.3) is 0 Å². The Morgan fingerprint density at radius 2 is 2.16 bits per heavy atom. The molecule has 0 spiro atoms. The normalized spacial score (nSPS) is 16.5. The summed E-state index contributed by atoms with van der Waals surface area (Å²) in [7, 11) is 0. The predicted molar refractivity (Wildman–Crippen MR) is 76.4 cm³/mol. The SMILES string of the molecule is CCc1cc(OCCN2CCCCC2)c(C(=O)O)s1. The number of aromatic carboxylic acids is 1. The molecule has 2 rings (SSSR count). The van der Waals surface area contributed by atoms with E-state index in [9.17, 15) is 4.79 Å². The minimum Gasteiger partial charge on any atom is -0.490 e. The molecule has 19 heavy (non-hydrogen) atoms. The van der Waals surface area contributed by atoms with Gasteiger partial charge in [0.05, 0.1) is 0 Å². The molecule has 1 N–H and O–H groups in total. The maximum Gasteiger partial charge on any atom is 0.349 e. The number of nitrogens with zero attached hydrogens (tertiary/aromatic N) is 1. The number of hydrogen-bond donors (Lipinski definition) is 1. The molecular weight excluding hydrogens is 262 g/mol. The van der Waals surface area contributed by atoms with Crippen LogP contribution in [0.4, 0.5) is 0 Å². The van der Waals surface area contributed by atoms with Crippen LogP contribution in [0.1, 0.15) is 40.7 Å². The number of rotatable bonds is 6. The van der Waals surface area contributed by atoms with Gasteiger partial charge in [0, 0.05) is 11.4 Å². The van der Waals surface area contributed by atoms with E-state index in [2.05, 4.69) is 4.90 Å². The number of thiophene rings is 1. The van der Waals surface area contributed by atoms with Gasteiger partial charge >= 0.3 is 5.97 Å². The van der Waals surface area contributed by atoms with Gasteiger partial charge in [-0.3, -0.25) is 4.90 Å². The topological polar surface area (TPSA) is 49.8 Å². The van der Waals surface area contributed by atoms with E-state index in [1.165, 1.54) is 30.6 Å². The van der Waals surface area contributed by atoms with Crippen molar-refractivity contribution >= 4 is 17.3 Å². The first kappa shape index (κ1) is 14.3. The van der Waals surface area contributed by atoms with Crippen molar-refractivity contribution in [1.82, 2.24) is 4.90 Å². The fraction of sp³-hybridized carbons (Fsp3) is 0.643. The third-order valence-corrected chi connectivity index (χ3v) is 4.65. The Kier molecular flexibility index (Phi) is 5.22. The molecule has 1 fully saturated rings. The molecule has 1 aliphatic rings. The maximum absolute atomic E-state index is 11.1. The Balaban J connectivity index is 1.87. The Labute approximate surface area is 118 Å². The van der Waals surface area contributed by atoms with Crippen molar-refractivity contribution in [1.29, 1.82) is 0 Å². The van der Waals surface area contributed by atoms with E-state index < -0.39 is 5.97 Å². The van der Waals surface area contributed by atoms with E-state index in [-0.39, 0.29) is 0 Å². The van der Waals surface area contributed by atoms with Crippen LogP contribution in [-0.4, -0.2) is 42.2 Å². The second-order valence-corrected chi connectivity index (χ2v) is 5.95. The van der Waals surface area contributed by atoms with Crippen molar-refractivity contribution in [3.8, 4) is 5.75 Å². The van der Waals surface area contributed by atoms with E-state index in [1.807, 2.05) is 13.0 Å². The number of piperidine rings is 1. The van der Waals surface area contributed by atoms with Gasteiger partial charge in [-0.25, -0.2) is 4.79 Å². The van der Waals surface area contributed by atoms with Gasteiger partial charge in [-0.1, -0.05) is 13.3 Å². The lowest BCUT2D eigenvalue weighted by molar-refractivity contribution is 0.0697. The first-order valence-electron chi connectivity index (χ1n) is 6.92. The summed E-state index contributed by atoms with van der Waals surface area (Å²) in [5.74, 6) is -0.357. The van der Waals surface area contributed by atoms with Gasteiger partial charge in [-0.2, -0.15) is 0 Å². The summed E-state index contributed by atoms with van der Waals surface area (Å²) in [5, 5.41) is 9.14. The Bertz CT molecular complexity index is 424. The van der Waals surface area contributed by atoms with Crippen LogP contribution in [-0.2, 0) is 6.42 Å². The highest BCUT2D eigenvalue weighted by Crippen LogP contribution is 2.29. The molecule has 0 amide bonds. The number of ether oxygens (including phenoxy) is 1. The van der Waals surface area contributed by atoms with Crippen LogP contribution in [0.15, 0.2) is 6.07 Å². The largest absolute Gasteiger partial charge is 0.490 e. The summed E-state index contributed by atoms with van der Waals surface area (Å²) in [6.45, 7) is 5.75. The Hall–Kier alpha value is -1.07. The van der Waals surface area contributed by atoms with Gasteiger partial charge in [-0.05, 0) is 38.4 Å². The Morgan fingerprint density at radius 3 is 2.79 bits per heavy atom. The maximum atomic E-state index is 11.1. The van der Waals surface area contributed by atoms with Crippen molar-refractivity contribution < 1.29 is 14.6 Å². The molecule has 0 atom stereocenters. The zero-order valence-electron chi connectivity index (χ0n) is 11.4. The molecule has 0 unspecified atom stereocenters. The van der Waals surface area contributed by atoms with Gasteiger partial charge in [0.1, 0.15) is 12.4 Å². The van der Waals surface area contributed by atoms with E-state index in [1.54, 1.807) is 0 Å². The highest BCUT2D eigenvalue weighted by Gasteiger charge is 2.17. The molecule has 1 aromatic heterocycles. The van der Waals surface area contributed by atoms with E-state index in [0.29, 0.717) is 17.2 Å². The summed E-state index contributed by atoms with van der Waals surface area (Å²) < 4.78 is 5.67. The van der Waals surface area contributed by atoms with Gasteiger partial charge in [-0.15, -0.1) is 11.3 Å². The zero-order valence-corrected chi connectivity index (χ0v) is 12.2. The lowest BCUT2D eigenvalue weighted by atomic mass is 10.1. The summed E-state index contributed by atoms with van der Waals surface area (Å²) in [4.78, 5) is 14.9. The van der Waals surface area contributed by atoms with Gasteiger partial charge < -0.3 is 9.84 Å². The average Bonchev–Trinajstić information content (AvgIpc) is 2.83. The summed E-state index contributed by atoms with van der Waals surface area (Å²) in [5.41, 5.74) is 0. The molecule has 0 aliphatic carbocycles. The second-order valence-electron chi connectivity index (χ2n) is 4.82. The summed E-state index contributed by atoms with van der Waals surface area (Å²) in [6, 6.07) is 1.87. The molecule has 4 nitrogen and oxygen atoms in total. The lowest BCUT2D eigenvalue weighted by Crippen LogP contribution is -2.33. The minimum absolute atomic E-state index is 0.329. The second kappa shape index (κ2) is 6.91. The number of carboxylic acids is 1. The fourth-order valence-corrected chi connectivity index (χ4v) is 3.20. The average molecular weight is 283 g/mol. The van der Waals surface area contributed by atoms with Crippen molar-refractivity contribution in [3.63, 3.8) is 0 Å². The minimum atomic E-state index is -0.891. The first-order valence-corrected chi connectivity index (χ1v) is 7.73. The van der Waals surface area contributed by atoms with Gasteiger partial charge in [0.2, 0.25) is 0 Å². The van der Waals surface area contributed by atoms with Crippen LogP contribution < -0.4 is 4.74 Å². The highest BCUT2D eigenvalue weighted by molar-refractivity contribution is 7.14. The van der Waals surface area contributed by atoms with Gasteiger partial charge in [0.15, 0.2) is 4.88 Å². The standard InChI is InChI=1S/C14H21NO3S/c1-2-11-10-12(13(19-11)14(16)17)18-9-8-15-6-4-3-5-7-15/h10H,2-9H2,1H3,(H,16,17). The third kappa shape index (κ3) is 3.94. The molecule has 106 valence electrons. The number of carboxylic acid groups (broad SMARTS) is 1. The monoisotopic (exact) mass is 283 g/mol. The smallest absolute Gasteiger partial charge is 0.349 e. The molecule has 0 saturated carbocycles. The van der Waals surface area contributed by atoms with Crippen molar-refractivity contribution in [2.45, 2.75) is 32.6 Å². The highest BCUT2D eigenvalue weighted by atomic mass is 32.1. The molecule has 2 heterocycles. The first-order chi connectivity index (χ1) is 9.20. The van der Waals surface area contributed by atoms with E-state index >= 15 is 0 Å². The van der Waals surface area contributed by atoms with Crippen molar-refractivity contribution in [2.75, 3.05) is 26.2 Å². The Morgan fingerprint density at radius 1 is 1.42 bits per heavy atom. The zero-order chi connectivity index (χ0) is 13.7. The van der Waals surface area contributed by atoms with Crippen molar-refractivity contribution in [2.24, 2.45) is 0 Å². The molecular formula is C14H21NO3S. The molecule has 0 bridgehead atoms. The quantitative estimate of drug-likeness (QED) is 0.872. The van der Waals surface area contributed by atoms with E-state index in [0.717, 1.165) is 30.9 Å². The molecule has 1 saturated heterocycles. The van der Waals surface area contributed by atoms with Crippen molar-refractivity contribution in [3.05, 3.63) is 15.8 Å². The number of aryl methyl sites for hydroxylation is 1.